The Morgan fingerprint density at radius 1 is 0.929 bits per heavy atom. The Hall–Kier alpha value is -2.27. The van der Waals surface area contributed by atoms with E-state index in [1.165, 1.54) is 6.92 Å². The summed E-state index contributed by atoms with van der Waals surface area (Å²) in [6.45, 7) is 0.905. The summed E-state index contributed by atoms with van der Waals surface area (Å²) in [6, 6.07) is 0. The third-order valence-corrected chi connectivity index (χ3v) is 3.79. The van der Waals surface area contributed by atoms with Crippen molar-refractivity contribution in [2.45, 2.75) is 44.6 Å². The normalized spacial score (nSPS) is 22.9. The van der Waals surface area contributed by atoms with Gasteiger partial charge in [-0.3, -0.25) is 9.59 Å². The molecule has 28 heavy (non-hydrogen) atoms. The van der Waals surface area contributed by atoms with Gasteiger partial charge in [-0.25, -0.2) is 4.79 Å². The molecule has 1 aliphatic carbocycles. The molecular formula is C16H18F6O6. The predicted octanol–water partition coefficient (Wildman–Crippen LogP) is 3.10. The van der Waals surface area contributed by atoms with E-state index in [9.17, 15) is 40.7 Å². The summed E-state index contributed by atoms with van der Waals surface area (Å²) >= 11 is 0. The van der Waals surface area contributed by atoms with Crippen molar-refractivity contribution in [3.05, 3.63) is 12.2 Å². The Morgan fingerprint density at radius 2 is 1.43 bits per heavy atom. The molecule has 3 atom stereocenters. The van der Waals surface area contributed by atoms with Crippen molar-refractivity contribution in [3.8, 4) is 0 Å². The molecule has 0 N–H and O–H groups in total. The summed E-state index contributed by atoms with van der Waals surface area (Å²) in [5.74, 6) is -6.20. The van der Waals surface area contributed by atoms with Crippen molar-refractivity contribution in [3.63, 3.8) is 0 Å². The molecule has 12 heteroatoms. The number of hydrogen-bond acceptors (Lipinski definition) is 6. The number of carbonyl (C=O) groups excluding carboxylic acids is 3. The SMILES string of the molecule is C=C(C)C(=O)OC1CCC(C(=O)OCC(F)(F)F)CC1C(=O)OCC(F)(F)F. The van der Waals surface area contributed by atoms with E-state index in [-0.39, 0.29) is 18.4 Å². The molecule has 6 nitrogen and oxygen atoms in total. The van der Waals surface area contributed by atoms with Crippen LogP contribution in [0, 0.1) is 11.8 Å². The van der Waals surface area contributed by atoms with Gasteiger partial charge < -0.3 is 14.2 Å². The molecule has 1 fully saturated rings. The molecule has 0 bridgehead atoms. The van der Waals surface area contributed by atoms with Gasteiger partial charge in [0, 0.05) is 5.57 Å². The Kier molecular flexibility index (Phi) is 7.88. The van der Waals surface area contributed by atoms with E-state index >= 15 is 0 Å². The minimum absolute atomic E-state index is 0.0332. The number of halogens is 6. The summed E-state index contributed by atoms with van der Waals surface area (Å²) in [5, 5.41) is 0. The van der Waals surface area contributed by atoms with Crippen molar-refractivity contribution in [1.29, 1.82) is 0 Å². The standard InChI is InChI=1S/C16H18F6O6/c1-8(2)12(23)28-11-4-3-9(13(24)26-6-15(17,18)19)5-10(11)14(25)27-7-16(20,21)22/h9-11H,1,3-7H2,2H3. The summed E-state index contributed by atoms with van der Waals surface area (Å²) in [6.07, 6.45) is -11.5. The number of ether oxygens (including phenoxy) is 3. The van der Waals surface area contributed by atoms with E-state index in [4.69, 9.17) is 4.74 Å². The maximum absolute atomic E-state index is 12.3. The zero-order valence-electron chi connectivity index (χ0n) is 14.7. The third kappa shape index (κ3) is 8.17. The summed E-state index contributed by atoms with van der Waals surface area (Å²) in [4.78, 5) is 35.5. The average molecular weight is 420 g/mol. The fraction of sp³-hybridized carbons (Fsp3) is 0.688. The second-order valence-corrected chi connectivity index (χ2v) is 6.29. The number of hydrogen-bond donors (Lipinski definition) is 0. The molecule has 0 aromatic carbocycles. The van der Waals surface area contributed by atoms with E-state index in [1.807, 2.05) is 0 Å². The highest BCUT2D eigenvalue weighted by Crippen LogP contribution is 2.34. The zero-order valence-corrected chi connectivity index (χ0v) is 14.7. The first kappa shape index (κ1) is 23.8. The van der Waals surface area contributed by atoms with Crippen molar-refractivity contribution < 1.29 is 54.9 Å². The molecular weight excluding hydrogens is 402 g/mol. The van der Waals surface area contributed by atoms with E-state index in [2.05, 4.69) is 16.1 Å². The Morgan fingerprint density at radius 3 is 1.89 bits per heavy atom. The van der Waals surface area contributed by atoms with Gasteiger partial charge in [-0.05, 0) is 26.2 Å². The van der Waals surface area contributed by atoms with Crippen LogP contribution in [0.2, 0.25) is 0 Å². The highest BCUT2D eigenvalue weighted by molar-refractivity contribution is 5.87. The van der Waals surface area contributed by atoms with Crippen molar-refractivity contribution >= 4 is 17.9 Å². The van der Waals surface area contributed by atoms with E-state index < -0.39 is 67.8 Å². The first-order valence-electron chi connectivity index (χ1n) is 8.03. The molecule has 0 spiro atoms. The second kappa shape index (κ2) is 9.28. The molecule has 160 valence electrons. The Labute approximate surface area is 155 Å². The number of esters is 3. The lowest BCUT2D eigenvalue weighted by atomic mass is 9.79. The fourth-order valence-corrected chi connectivity index (χ4v) is 2.51. The number of rotatable bonds is 6. The van der Waals surface area contributed by atoms with Crippen LogP contribution >= 0.6 is 0 Å². The average Bonchev–Trinajstić information content (AvgIpc) is 2.56. The van der Waals surface area contributed by atoms with Crippen LogP contribution in [0.1, 0.15) is 26.2 Å². The number of carbonyl (C=O) groups is 3. The van der Waals surface area contributed by atoms with Gasteiger partial charge in [-0.2, -0.15) is 26.3 Å². The molecule has 0 radical (unpaired) electrons. The molecule has 0 amide bonds. The molecule has 0 aliphatic heterocycles. The highest BCUT2D eigenvalue weighted by Gasteiger charge is 2.43. The summed E-state index contributed by atoms with van der Waals surface area (Å²) < 4.78 is 86.5. The van der Waals surface area contributed by atoms with Gasteiger partial charge in [0.25, 0.3) is 0 Å². The molecule has 0 aromatic rings. The van der Waals surface area contributed by atoms with Crippen LogP contribution in [0.3, 0.4) is 0 Å². The smallest absolute Gasteiger partial charge is 0.422 e. The van der Waals surface area contributed by atoms with Gasteiger partial charge in [-0.1, -0.05) is 6.58 Å². The van der Waals surface area contributed by atoms with Crippen LogP contribution in [0.25, 0.3) is 0 Å². The number of alkyl halides is 6. The largest absolute Gasteiger partial charge is 0.458 e. The van der Waals surface area contributed by atoms with Crippen LogP contribution in [-0.4, -0.2) is 49.6 Å². The molecule has 0 saturated heterocycles. The Balaban J connectivity index is 2.85. The van der Waals surface area contributed by atoms with Gasteiger partial charge in [-0.15, -0.1) is 0 Å². The molecule has 1 saturated carbocycles. The quantitative estimate of drug-likeness (QED) is 0.284. The first-order chi connectivity index (χ1) is 12.7. The molecule has 1 rings (SSSR count). The van der Waals surface area contributed by atoms with Gasteiger partial charge in [0.15, 0.2) is 13.2 Å². The van der Waals surface area contributed by atoms with Crippen molar-refractivity contribution in [2.75, 3.05) is 13.2 Å². The lowest BCUT2D eigenvalue weighted by Crippen LogP contribution is -2.42. The Bertz CT molecular complexity index is 612. The van der Waals surface area contributed by atoms with E-state index in [1.54, 1.807) is 0 Å². The summed E-state index contributed by atoms with van der Waals surface area (Å²) in [7, 11) is 0. The van der Waals surface area contributed by atoms with Gasteiger partial charge >= 0.3 is 30.3 Å². The van der Waals surface area contributed by atoms with Gasteiger partial charge in [0.05, 0.1) is 11.8 Å². The lowest BCUT2D eigenvalue weighted by Gasteiger charge is -2.33. The minimum atomic E-state index is -4.81. The molecule has 0 aromatic heterocycles. The monoisotopic (exact) mass is 420 g/mol. The lowest BCUT2D eigenvalue weighted by molar-refractivity contribution is -0.197. The predicted molar refractivity (Wildman–Crippen MR) is 79.6 cm³/mol. The fourth-order valence-electron chi connectivity index (χ4n) is 2.51. The summed E-state index contributed by atoms with van der Waals surface area (Å²) in [5.41, 5.74) is -0.0332. The van der Waals surface area contributed by atoms with Crippen LogP contribution in [0.4, 0.5) is 26.3 Å². The minimum Gasteiger partial charge on any atom is -0.458 e. The van der Waals surface area contributed by atoms with Crippen LogP contribution in [-0.2, 0) is 28.6 Å². The topological polar surface area (TPSA) is 78.9 Å². The molecule has 1 aliphatic rings. The van der Waals surface area contributed by atoms with Crippen LogP contribution in [0.15, 0.2) is 12.2 Å². The zero-order chi connectivity index (χ0) is 21.7. The van der Waals surface area contributed by atoms with E-state index in [0.29, 0.717) is 0 Å². The molecule has 0 heterocycles. The highest BCUT2D eigenvalue weighted by atomic mass is 19.4. The maximum Gasteiger partial charge on any atom is 0.422 e. The van der Waals surface area contributed by atoms with Crippen LogP contribution in [0.5, 0.6) is 0 Å². The first-order valence-corrected chi connectivity index (χ1v) is 8.03. The molecule has 3 unspecified atom stereocenters. The van der Waals surface area contributed by atoms with Crippen molar-refractivity contribution in [2.24, 2.45) is 11.8 Å². The van der Waals surface area contributed by atoms with Gasteiger partial charge in [0.2, 0.25) is 0 Å². The maximum atomic E-state index is 12.3. The van der Waals surface area contributed by atoms with Crippen LogP contribution < -0.4 is 0 Å². The second-order valence-electron chi connectivity index (χ2n) is 6.29. The van der Waals surface area contributed by atoms with Crippen molar-refractivity contribution in [1.82, 2.24) is 0 Å². The van der Waals surface area contributed by atoms with E-state index in [0.717, 1.165) is 0 Å². The third-order valence-electron chi connectivity index (χ3n) is 3.79. The van der Waals surface area contributed by atoms with Gasteiger partial charge in [0.1, 0.15) is 6.10 Å².